The first-order valence-electron chi connectivity index (χ1n) is 9.76. The van der Waals surface area contributed by atoms with E-state index in [0.717, 1.165) is 64.0 Å². The molecule has 0 amide bonds. The number of hydrogen-bond acceptors (Lipinski definition) is 3. The average molecular weight is 365 g/mol. The van der Waals surface area contributed by atoms with Gasteiger partial charge in [-0.2, -0.15) is 0 Å². The Balaban J connectivity index is 1.49. The lowest BCUT2D eigenvalue weighted by Gasteiger charge is -2.11. The van der Waals surface area contributed by atoms with Crippen molar-refractivity contribution >= 4 is 5.96 Å². The minimum atomic E-state index is -0.244. The summed E-state index contributed by atoms with van der Waals surface area (Å²) in [6, 6.07) is 6.12. The van der Waals surface area contributed by atoms with Crippen molar-refractivity contribution in [1.29, 1.82) is 0 Å². The normalized spacial score (nSPS) is 14.3. The maximum absolute atomic E-state index is 12.8. The van der Waals surface area contributed by atoms with Crippen LogP contribution in [0.25, 0.3) is 0 Å². The number of ether oxygens (including phenoxy) is 2. The molecule has 1 fully saturated rings. The van der Waals surface area contributed by atoms with Gasteiger partial charge in [0.15, 0.2) is 5.96 Å². The summed E-state index contributed by atoms with van der Waals surface area (Å²) in [5, 5.41) is 6.59. The molecule has 0 radical (unpaired) electrons. The summed E-state index contributed by atoms with van der Waals surface area (Å²) >= 11 is 0. The van der Waals surface area contributed by atoms with Crippen molar-refractivity contribution in [3.63, 3.8) is 0 Å². The van der Waals surface area contributed by atoms with E-state index in [2.05, 4.69) is 22.5 Å². The van der Waals surface area contributed by atoms with Gasteiger partial charge in [0.25, 0.3) is 0 Å². The quantitative estimate of drug-likeness (QED) is 0.320. The van der Waals surface area contributed by atoms with E-state index in [4.69, 9.17) is 9.47 Å². The van der Waals surface area contributed by atoms with Crippen LogP contribution in [0.3, 0.4) is 0 Å². The van der Waals surface area contributed by atoms with Crippen molar-refractivity contribution in [2.45, 2.75) is 39.0 Å². The zero-order valence-corrected chi connectivity index (χ0v) is 15.8. The van der Waals surface area contributed by atoms with Crippen molar-refractivity contribution in [2.75, 3.05) is 39.5 Å². The summed E-state index contributed by atoms with van der Waals surface area (Å²) in [6.07, 6.45) is 5.53. The fourth-order valence-corrected chi connectivity index (χ4v) is 2.39. The molecule has 1 aliphatic carbocycles. The Morgan fingerprint density at radius 2 is 1.92 bits per heavy atom. The molecule has 0 heterocycles. The topological polar surface area (TPSA) is 54.9 Å². The lowest BCUT2D eigenvalue weighted by molar-refractivity contribution is 0.123. The average Bonchev–Trinajstić information content (AvgIpc) is 3.46. The summed E-state index contributed by atoms with van der Waals surface area (Å²) in [7, 11) is 0. The standard InChI is InChI=1S/C20H32FN3O2/c1-2-22-20(24-13-5-14-25-16-17-6-7-17)23-12-3-4-15-26-19-10-8-18(21)9-11-19/h8-11,17H,2-7,12-16H2,1H3,(H2,22,23,24). The Morgan fingerprint density at radius 1 is 1.12 bits per heavy atom. The smallest absolute Gasteiger partial charge is 0.191 e. The van der Waals surface area contributed by atoms with Crippen LogP contribution in [0.1, 0.15) is 39.0 Å². The molecule has 6 heteroatoms. The lowest BCUT2D eigenvalue weighted by atomic mass is 10.3. The minimum absolute atomic E-state index is 0.244. The second kappa shape index (κ2) is 12.5. The van der Waals surface area contributed by atoms with E-state index in [-0.39, 0.29) is 5.82 Å². The van der Waals surface area contributed by atoms with E-state index in [1.807, 2.05) is 0 Å². The maximum atomic E-state index is 12.8. The molecule has 26 heavy (non-hydrogen) atoms. The van der Waals surface area contributed by atoms with Crippen LogP contribution in [0, 0.1) is 11.7 Å². The highest BCUT2D eigenvalue weighted by Gasteiger charge is 2.20. The molecule has 1 aromatic rings. The van der Waals surface area contributed by atoms with Crippen molar-refractivity contribution in [3.8, 4) is 5.75 Å². The molecule has 1 saturated carbocycles. The number of aliphatic imine (C=N–C) groups is 1. The summed E-state index contributed by atoms with van der Waals surface area (Å²) in [4.78, 5) is 4.57. The SMILES string of the molecule is CCNC(=NCCCOCC1CC1)NCCCCOc1ccc(F)cc1. The number of hydrogen-bond donors (Lipinski definition) is 2. The number of halogens is 1. The highest BCUT2D eigenvalue weighted by atomic mass is 19.1. The number of unbranched alkanes of at least 4 members (excludes halogenated alkanes) is 1. The monoisotopic (exact) mass is 365 g/mol. The Labute approximate surface area is 156 Å². The van der Waals surface area contributed by atoms with Gasteiger partial charge in [-0.05, 0) is 69.2 Å². The minimum Gasteiger partial charge on any atom is -0.494 e. The summed E-state index contributed by atoms with van der Waals surface area (Å²) in [5.41, 5.74) is 0. The molecule has 0 aliphatic heterocycles. The second-order valence-corrected chi connectivity index (χ2v) is 6.57. The van der Waals surface area contributed by atoms with E-state index in [9.17, 15) is 4.39 Å². The molecule has 0 saturated heterocycles. The molecule has 0 unspecified atom stereocenters. The maximum Gasteiger partial charge on any atom is 0.191 e. The first-order valence-corrected chi connectivity index (χ1v) is 9.76. The Hall–Kier alpha value is -1.82. The van der Waals surface area contributed by atoms with Gasteiger partial charge in [0.2, 0.25) is 0 Å². The van der Waals surface area contributed by atoms with Gasteiger partial charge in [0.1, 0.15) is 11.6 Å². The number of rotatable bonds is 13. The van der Waals surface area contributed by atoms with Gasteiger partial charge in [-0.3, -0.25) is 4.99 Å². The van der Waals surface area contributed by atoms with Gasteiger partial charge in [-0.15, -0.1) is 0 Å². The molecule has 0 atom stereocenters. The summed E-state index contributed by atoms with van der Waals surface area (Å²) in [5.74, 6) is 2.14. The van der Waals surface area contributed by atoms with Gasteiger partial charge >= 0.3 is 0 Å². The van der Waals surface area contributed by atoms with Crippen LogP contribution in [0.5, 0.6) is 5.75 Å². The predicted octanol–water partition coefficient (Wildman–Crippen LogP) is 3.36. The Kier molecular flexibility index (Phi) is 9.87. The third-order valence-electron chi connectivity index (χ3n) is 4.06. The summed E-state index contributed by atoms with van der Waals surface area (Å²) < 4.78 is 24.0. The van der Waals surface area contributed by atoms with Gasteiger partial charge in [-0.1, -0.05) is 0 Å². The predicted molar refractivity (Wildman–Crippen MR) is 103 cm³/mol. The van der Waals surface area contributed by atoms with Crippen molar-refractivity contribution < 1.29 is 13.9 Å². The molecule has 1 aliphatic rings. The van der Waals surface area contributed by atoms with E-state index < -0.39 is 0 Å². The van der Waals surface area contributed by atoms with Gasteiger partial charge in [0.05, 0.1) is 6.61 Å². The van der Waals surface area contributed by atoms with Crippen LogP contribution in [-0.4, -0.2) is 45.4 Å². The van der Waals surface area contributed by atoms with Crippen LogP contribution < -0.4 is 15.4 Å². The van der Waals surface area contributed by atoms with E-state index in [1.165, 1.54) is 25.0 Å². The third kappa shape index (κ3) is 9.61. The molecular weight excluding hydrogens is 333 g/mol. The van der Waals surface area contributed by atoms with Crippen LogP contribution in [0.4, 0.5) is 4.39 Å². The molecule has 1 aromatic carbocycles. The zero-order chi connectivity index (χ0) is 18.5. The number of benzene rings is 1. The van der Waals surface area contributed by atoms with E-state index in [1.54, 1.807) is 12.1 Å². The van der Waals surface area contributed by atoms with Crippen LogP contribution in [0.2, 0.25) is 0 Å². The fourth-order valence-electron chi connectivity index (χ4n) is 2.39. The van der Waals surface area contributed by atoms with Crippen molar-refractivity contribution in [2.24, 2.45) is 10.9 Å². The third-order valence-corrected chi connectivity index (χ3v) is 4.06. The summed E-state index contributed by atoms with van der Waals surface area (Å²) in [6.45, 7) is 6.86. The van der Waals surface area contributed by atoms with Crippen molar-refractivity contribution in [1.82, 2.24) is 10.6 Å². The number of guanidine groups is 1. The zero-order valence-electron chi connectivity index (χ0n) is 15.8. The molecule has 2 rings (SSSR count). The molecule has 0 aromatic heterocycles. The molecule has 5 nitrogen and oxygen atoms in total. The van der Waals surface area contributed by atoms with Crippen LogP contribution in [0.15, 0.2) is 29.3 Å². The molecule has 2 N–H and O–H groups in total. The number of nitrogens with one attached hydrogen (secondary N) is 2. The Bertz CT molecular complexity index is 518. The van der Waals surface area contributed by atoms with Gasteiger partial charge in [-0.25, -0.2) is 4.39 Å². The fraction of sp³-hybridized carbons (Fsp3) is 0.650. The highest BCUT2D eigenvalue weighted by Crippen LogP contribution is 2.28. The van der Waals surface area contributed by atoms with Crippen LogP contribution in [-0.2, 0) is 4.74 Å². The van der Waals surface area contributed by atoms with Gasteiger partial charge in [0, 0.05) is 32.8 Å². The molecule has 0 bridgehead atoms. The van der Waals surface area contributed by atoms with Gasteiger partial charge < -0.3 is 20.1 Å². The molecule has 0 spiro atoms. The molecular formula is C20H32FN3O2. The van der Waals surface area contributed by atoms with E-state index in [0.29, 0.717) is 12.4 Å². The largest absolute Gasteiger partial charge is 0.494 e. The second-order valence-electron chi connectivity index (χ2n) is 6.57. The first kappa shape index (κ1) is 20.5. The Morgan fingerprint density at radius 3 is 2.65 bits per heavy atom. The number of nitrogens with zero attached hydrogens (tertiary/aromatic N) is 1. The lowest BCUT2D eigenvalue weighted by Crippen LogP contribution is -2.38. The van der Waals surface area contributed by atoms with Crippen LogP contribution >= 0.6 is 0 Å². The molecule has 146 valence electrons. The van der Waals surface area contributed by atoms with Crippen molar-refractivity contribution in [3.05, 3.63) is 30.1 Å². The van der Waals surface area contributed by atoms with E-state index >= 15 is 0 Å². The highest BCUT2D eigenvalue weighted by molar-refractivity contribution is 5.79. The first-order chi connectivity index (χ1) is 12.8.